The van der Waals surface area contributed by atoms with Gasteiger partial charge in [0.15, 0.2) is 0 Å². The van der Waals surface area contributed by atoms with Crippen LogP contribution in [-0.4, -0.2) is 18.8 Å². The molecule has 0 saturated heterocycles. The molecule has 1 atom stereocenters. The fourth-order valence-corrected chi connectivity index (χ4v) is 2.95. The Labute approximate surface area is 103 Å². The zero-order valence-electron chi connectivity index (χ0n) is 10.5. The number of nitrogens with two attached hydrogens (primary N) is 1. The van der Waals surface area contributed by atoms with Crippen molar-refractivity contribution in [3.63, 3.8) is 0 Å². The Morgan fingerprint density at radius 1 is 1.44 bits per heavy atom. The van der Waals surface area contributed by atoms with Gasteiger partial charge in [0.2, 0.25) is 0 Å². The fraction of sp³-hybridized carbons (Fsp3) is 0.692. The number of aryl methyl sites for hydroxylation is 1. The van der Waals surface area contributed by atoms with Gasteiger partial charge in [-0.25, -0.2) is 0 Å². The number of methoxy groups -OCH3 is 1. The van der Waals surface area contributed by atoms with Crippen LogP contribution in [0.1, 0.15) is 38.0 Å². The van der Waals surface area contributed by atoms with E-state index in [0.717, 1.165) is 25.7 Å². The molecule has 0 aliphatic heterocycles. The minimum Gasteiger partial charge on any atom is -0.377 e. The monoisotopic (exact) mass is 241 g/mol. The molecule has 0 spiro atoms. The van der Waals surface area contributed by atoms with Gasteiger partial charge < -0.3 is 10.5 Å². The molecule has 0 aromatic carbocycles. The lowest BCUT2D eigenvalue weighted by atomic mass is 9.86. The third-order valence-electron chi connectivity index (χ3n) is 3.56. The third kappa shape index (κ3) is 3.06. The second-order valence-electron chi connectivity index (χ2n) is 4.20. The molecule has 1 heterocycles. The summed E-state index contributed by atoms with van der Waals surface area (Å²) in [7, 11) is 1.78. The zero-order chi connectivity index (χ0) is 12.0. The second kappa shape index (κ2) is 6.38. The van der Waals surface area contributed by atoms with Crippen LogP contribution in [-0.2, 0) is 11.2 Å². The summed E-state index contributed by atoms with van der Waals surface area (Å²) >= 11 is 1.80. The molecule has 0 amide bonds. The van der Waals surface area contributed by atoms with E-state index in [1.54, 1.807) is 18.4 Å². The SMILES string of the molecule is CCC(CC)(OC)C(N)CCc1cccs1. The van der Waals surface area contributed by atoms with E-state index in [9.17, 15) is 0 Å². The van der Waals surface area contributed by atoms with Gasteiger partial charge in [0.1, 0.15) is 0 Å². The van der Waals surface area contributed by atoms with E-state index in [0.29, 0.717) is 0 Å². The molecule has 0 aliphatic rings. The van der Waals surface area contributed by atoms with E-state index in [1.165, 1.54) is 4.88 Å². The predicted molar refractivity (Wildman–Crippen MR) is 70.9 cm³/mol. The van der Waals surface area contributed by atoms with Crippen LogP contribution in [0.5, 0.6) is 0 Å². The molecule has 16 heavy (non-hydrogen) atoms. The van der Waals surface area contributed by atoms with Crippen molar-refractivity contribution in [1.29, 1.82) is 0 Å². The van der Waals surface area contributed by atoms with Crippen LogP contribution in [0.15, 0.2) is 17.5 Å². The minimum atomic E-state index is -0.142. The smallest absolute Gasteiger partial charge is 0.0823 e. The van der Waals surface area contributed by atoms with Gasteiger partial charge in [0.25, 0.3) is 0 Å². The van der Waals surface area contributed by atoms with Gasteiger partial charge in [-0.05, 0) is 37.1 Å². The molecular weight excluding hydrogens is 218 g/mol. The normalized spacial score (nSPS) is 14.0. The van der Waals surface area contributed by atoms with E-state index in [4.69, 9.17) is 10.5 Å². The lowest BCUT2D eigenvalue weighted by Crippen LogP contribution is -2.48. The Kier molecular flexibility index (Phi) is 5.46. The molecule has 2 N–H and O–H groups in total. The van der Waals surface area contributed by atoms with Crippen molar-refractivity contribution in [3.05, 3.63) is 22.4 Å². The molecule has 0 radical (unpaired) electrons. The first-order valence-electron chi connectivity index (χ1n) is 6.01. The van der Waals surface area contributed by atoms with Gasteiger partial charge in [-0.15, -0.1) is 11.3 Å². The lowest BCUT2D eigenvalue weighted by molar-refractivity contribution is -0.0392. The molecule has 1 aromatic rings. The minimum absolute atomic E-state index is 0.120. The van der Waals surface area contributed by atoms with Crippen molar-refractivity contribution in [2.75, 3.05) is 7.11 Å². The van der Waals surface area contributed by atoms with Crippen LogP contribution in [0.2, 0.25) is 0 Å². The lowest BCUT2D eigenvalue weighted by Gasteiger charge is -2.36. The Balaban J connectivity index is 2.52. The molecular formula is C13H23NOS. The number of hydrogen-bond donors (Lipinski definition) is 1. The Bertz CT molecular complexity index is 272. The van der Waals surface area contributed by atoms with Gasteiger partial charge in [-0.2, -0.15) is 0 Å². The van der Waals surface area contributed by atoms with Crippen LogP contribution < -0.4 is 5.73 Å². The van der Waals surface area contributed by atoms with Crippen LogP contribution >= 0.6 is 11.3 Å². The highest BCUT2D eigenvalue weighted by atomic mass is 32.1. The van der Waals surface area contributed by atoms with Crippen molar-refractivity contribution in [1.82, 2.24) is 0 Å². The molecule has 1 unspecified atom stereocenters. The van der Waals surface area contributed by atoms with Crippen molar-refractivity contribution in [2.45, 2.75) is 51.2 Å². The maximum absolute atomic E-state index is 6.28. The van der Waals surface area contributed by atoms with Gasteiger partial charge in [-0.1, -0.05) is 19.9 Å². The molecule has 0 aliphatic carbocycles. The Hall–Kier alpha value is -0.380. The van der Waals surface area contributed by atoms with Crippen molar-refractivity contribution < 1.29 is 4.74 Å². The summed E-state index contributed by atoms with van der Waals surface area (Å²) in [5.74, 6) is 0. The highest BCUT2D eigenvalue weighted by Crippen LogP contribution is 2.26. The first-order chi connectivity index (χ1) is 7.68. The van der Waals surface area contributed by atoms with Crippen LogP contribution in [0.25, 0.3) is 0 Å². The van der Waals surface area contributed by atoms with Crippen LogP contribution in [0.3, 0.4) is 0 Å². The van der Waals surface area contributed by atoms with Crippen molar-refractivity contribution in [2.24, 2.45) is 5.73 Å². The third-order valence-corrected chi connectivity index (χ3v) is 4.50. The summed E-state index contributed by atoms with van der Waals surface area (Å²) in [6, 6.07) is 4.38. The Morgan fingerprint density at radius 3 is 2.56 bits per heavy atom. The number of rotatable bonds is 7. The first-order valence-corrected chi connectivity index (χ1v) is 6.89. The molecule has 2 nitrogen and oxygen atoms in total. The quantitative estimate of drug-likeness (QED) is 0.795. The summed E-state index contributed by atoms with van der Waals surface area (Å²) < 4.78 is 5.65. The average Bonchev–Trinajstić information content (AvgIpc) is 2.82. The molecule has 0 bridgehead atoms. The molecule has 0 fully saturated rings. The predicted octanol–water partition coefficient (Wildman–Crippen LogP) is 3.21. The summed E-state index contributed by atoms with van der Waals surface area (Å²) in [6.07, 6.45) is 4.01. The van der Waals surface area contributed by atoms with Crippen LogP contribution in [0, 0.1) is 0 Å². The summed E-state index contributed by atoms with van der Waals surface area (Å²) in [6.45, 7) is 4.30. The standard InChI is InChI=1S/C13H23NOS/c1-4-13(5-2,15-3)12(14)9-8-11-7-6-10-16-11/h6-7,10,12H,4-5,8-9,14H2,1-3H3. The Morgan fingerprint density at radius 2 is 2.12 bits per heavy atom. The summed E-state index contributed by atoms with van der Waals surface area (Å²) in [4.78, 5) is 1.41. The molecule has 3 heteroatoms. The first kappa shape index (κ1) is 13.7. The largest absolute Gasteiger partial charge is 0.377 e. The highest BCUT2D eigenvalue weighted by molar-refractivity contribution is 7.09. The van der Waals surface area contributed by atoms with Gasteiger partial charge in [0, 0.05) is 18.0 Å². The van der Waals surface area contributed by atoms with Gasteiger partial charge in [0.05, 0.1) is 5.60 Å². The van der Waals surface area contributed by atoms with E-state index in [1.807, 2.05) is 0 Å². The topological polar surface area (TPSA) is 35.2 Å². The summed E-state index contributed by atoms with van der Waals surface area (Å²) in [5, 5.41) is 2.12. The van der Waals surface area contributed by atoms with Gasteiger partial charge in [-0.3, -0.25) is 0 Å². The average molecular weight is 241 g/mol. The van der Waals surface area contributed by atoms with Crippen molar-refractivity contribution >= 4 is 11.3 Å². The molecule has 1 aromatic heterocycles. The van der Waals surface area contributed by atoms with E-state index in [2.05, 4.69) is 31.4 Å². The summed E-state index contributed by atoms with van der Waals surface area (Å²) in [5.41, 5.74) is 6.14. The fourth-order valence-electron chi connectivity index (χ4n) is 2.23. The maximum atomic E-state index is 6.28. The zero-order valence-corrected chi connectivity index (χ0v) is 11.3. The van der Waals surface area contributed by atoms with Crippen LogP contribution in [0.4, 0.5) is 0 Å². The van der Waals surface area contributed by atoms with E-state index in [-0.39, 0.29) is 11.6 Å². The number of ether oxygens (including phenoxy) is 1. The molecule has 0 saturated carbocycles. The highest BCUT2D eigenvalue weighted by Gasteiger charge is 2.32. The van der Waals surface area contributed by atoms with E-state index >= 15 is 0 Å². The van der Waals surface area contributed by atoms with Crippen molar-refractivity contribution in [3.8, 4) is 0 Å². The molecule has 1 rings (SSSR count). The number of hydrogen-bond acceptors (Lipinski definition) is 3. The molecule has 92 valence electrons. The van der Waals surface area contributed by atoms with Gasteiger partial charge >= 0.3 is 0 Å². The van der Waals surface area contributed by atoms with E-state index < -0.39 is 0 Å². The second-order valence-corrected chi connectivity index (χ2v) is 5.23. The maximum Gasteiger partial charge on any atom is 0.0823 e. The number of thiophene rings is 1.